The van der Waals surface area contributed by atoms with Gasteiger partial charge in [-0.05, 0) is 51.4 Å². The van der Waals surface area contributed by atoms with Crippen molar-refractivity contribution in [3.8, 4) is 0 Å². The van der Waals surface area contributed by atoms with Crippen LogP contribution in [0.25, 0.3) is 0 Å². The minimum absolute atomic E-state index is 0. The largest absolute Gasteiger partial charge is 0.870 e. The molecule has 3 aliphatic heterocycles. The van der Waals surface area contributed by atoms with E-state index in [-0.39, 0.29) is 24.0 Å². The second-order valence-corrected chi connectivity index (χ2v) is 13.3. The number of hydrogen-bond donors (Lipinski definition) is 1. The number of piperidine rings is 1. The molecule has 240 valence electrons. The molecular weight excluding hydrogens is 552 g/mol. The minimum Gasteiger partial charge on any atom is -0.870 e. The van der Waals surface area contributed by atoms with Gasteiger partial charge in [0.1, 0.15) is 6.04 Å². The van der Waals surface area contributed by atoms with Crippen molar-refractivity contribution in [1.29, 1.82) is 0 Å². The van der Waals surface area contributed by atoms with Gasteiger partial charge < -0.3 is 19.6 Å². The van der Waals surface area contributed by atoms with Crippen molar-refractivity contribution in [3.63, 3.8) is 0 Å². The molecule has 0 radical (unpaired) electrons. The second kappa shape index (κ2) is 17.0. The second-order valence-electron chi connectivity index (χ2n) is 11.7. The molecule has 2 N–H and O–H groups in total. The molecule has 0 aromatic rings. The molecule has 3 amide bonds. The van der Waals surface area contributed by atoms with Crippen LogP contribution in [0.4, 0.5) is 4.79 Å². The molecule has 3 rings (SSSR count). The quantitative estimate of drug-likeness (QED) is 0.183. The fourth-order valence-corrected chi connectivity index (χ4v) is 8.19. The first-order valence-corrected chi connectivity index (χ1v) is 17.1. The van der Waals surface area contributed by atoms with Crippen LogP contribution in [0, 0.1) is 0 Å². The number of carbonyl (C=O) groups excluding carboxylic acids is 2. The standard InChI is InChI=1S/C28H52N4O7S.H2O/c1-5-9-17-32(18-10-6-2,19-11-7-3)26(12-8-4)40(35,36)39-31-23-13-14-25(30(22-23)28(31)34)27(33)29-38-24-15-20-37-21-16-24;/h23-26H,5-22H2,1-4H3;1H2/t23-,25+,26?;/m1./s1. The number of unbranched alkanes of at least 4 members (excludes halogenated alkanes) is 3. The molecule has 0 saturated carbocycles. The molecule has 0 aromatic carbocycles. The van der Waals surface area contributed by atoms with Crippen LogP contribution in [0.5, 0.6) is 0 Å². The van der Waals surface area contributed by atoms with Crippen molar-refractivity contribution in [2.75, 3.05) is 39.4 Å². The van der Waals surface area contributed by atoms with Crippen LogP contribution in [-0.4, -0.2) is 103 Å². The Morgan fingerprint density at radius 3 is 2.10 bits per heavy atom. The highest BCUT2D eigenvalue weighted by molar-refractivity contribution is 7.87. The monoisotopic (exact) mass is 606 g/mol. The Kier molecular flexibility index (Phi) is 14.8. The van der Waals surface area contributed by atoms with Gasteiger partial charge in [0.25, 0.3) is 5.91 Å². The smallest absolute Gasteiger partial charge is 0.346 e. The highest BCUT2D eigenvalue weighted by Crippen LogP contribution is 2.34. The summed E-state index contributed by atoms with van der Waals surface area (Å²) in [6.45, 7) is 12.2. The zero-order valence-electron chi connectivity index (χ0n) is 25.6. The van der Waals surface area contributed by atoms with E-state index in [1.165, 1.54) is 4.90 Å². The predicted molar refractivity (Wildman–Crippen MR) is 154 cm³/mol. The molecule has 0 aliphatic carbocycles. The summed E-state index contributed by atoms with van der Waals surface area (Å²) in [5.41, 5.74) is 2.53. The Bertz CT molecular complexity index is 893. The number of quaternary nitrogens is 1. The van der Waals surface area contributed by atoms with Gasteiger partial charge in [-0.2, -0.15) is 13.5 Å². The molecule has 0 spiro atoms. The first kappa shape index (κ1) is 35.7. The summed E-state index contributed by atoms with van der Waals surface area (Å²) >= 11 is 0. The third-order valence-electron chi connectivity index (χ3n) is 8.65. The molecule has 1 unspecified atom stereocenters. The van der Waals surface area contributed by atoms with Gasteiger partial charge in [-0.25, -0.2) is 10.3 Å². The SMILES string of the molecule is CCCC[N+](CCCC)(CCCC)C(CCC)S(=O)(=O)ON1C(=O)N2C[C@H]1CC[C@H]2C(=O)NOC1CCOCC1.[OH-]. The topological polar surface area (TPSA) is 144 Å². The van der Waals surface area contributed by atoms with Crippen LogP contribution < -0.4 is 5.48 Å². The predicted octanol–water partition coefficient (Wildman–Crippen LogP) is 3.91. The fourth-order valence-electron chi connectivity index (χ4n) is 6.29. The summed E-state index contributed by atoms with van der Waals surface area (Å²) in [6.07, 6.45) is 9.14. The Morgan fingerprint density at radius 2 is 1.56 bits per heavy atom. The molecule has 3 atom stereocenters. The zero-order valence-corrected chi connectivity index (χ0v) is 26.4. The summed E-state index contributed by atoms with van der Waals surface area (Å²) in [5, 5.41) is 0.302. The molecule has 0 aromatic heterocycles. The molecule has 13 heteroatoms. The van der Waals surface area contributed by atoms with Gasteiger partial charge in [0.05, 0.1) is 31.8 Å². The average molecular weight is 607 g/mol. The normalized spacial score (nSPS) is 22.5. The summed E-state index contributed by atoms with van der Waals surface area (Å²) in [6, 6.07) is -1.70. The van der Waals surface area contributed by atoms with Crippen molar-refractivity contribution in [3.05, 3.63) is 0 Å². The van der Waals surface area contributed by atoms with Gasteiger partial charge >= 0.3 is 16.1 Å². The highest BCUT2D eigenvalue weighted by atomic mass is 32.2. The summed E-state index contributed by atoms with van der Waals surface area (Å²) in [5.74, 6) is -0.388. The van der Waals surface area contributed by atoms with Crippen molar-refractivity contribution in [2.24, 2.45) is 0 Å². The van der Waals surface area contributed by atoms with E-state index in [0.717, 1.165) is 63.2 Å². The van der Waals surface area contributed by atoms with Crippen LogP contribution in [0.1, 0.15) is 105 Å². The average Bonchev–Trinajstić information content (AvgIpc) is 3.19. The zero-order chi connectivity index (χ0) is 29.2. The van der Waals surface area contributed by atoms with Gasteiger partial charge in [0.2, 0.25) is 5.37 Å². The maximum absolute atomic E-state index is 14.1. The molecule has 3 saturated heterocycles. The van der Waals surface area contributed by atoms with E-state index in [0.29, 0.717) is 56.2 Å². The minimum atomic E-state index is -4.14. The summed E-state index contributed by atoms with van der Waals surface area (Å²) in [4.78, 5) is 33.4. The molecular formula is C28H54N4O8S. The number of nitrogens with zero attached hydrogens (tertiary/aromatic N) is 3. The third kappa shape index (κ3) is 8.99. The number of carbonyl (C=O) groups is 2. The van der Waals surface area contributed by atoms with E-state index >= 15 is 0 Å². The van der Waals surface area contributed by atoms with E-state index in [4.69, 9.17) is 13.9 Å². The van der Waals surface area contributed by atoms with Gasteiger partial charge in [-0.1, -0.05) is 47.0 Å². The number of nitrogens with one attached hydrogen (secondary N) is 1. The Labute approximate surface area is 247 Å². The van der Waals surface area contributed by atoms with E-state index in [1.807, 2.05) is 6.92 Å². The number of hydroxylamine groups is 3. The number of fused-ring (bicyclic) bond motifs is 2. The van der Waals surface area contributed by atoms with Gasteiger partial charge in [0.15, 0.2) is 0 Å². The van der Waals surface area contributed by atoms with Crippen molar-refractivity contribution in [2.45, 2.75) is 128 Å². The first-order chi connectivity index (χ1) is 19.2. The van der Waals surface area contributed by atoms with Crippen LogP contribution >= 0.6 is 0 Å². The number of urea groups is 1. The molecule has 3 heterocycles. The number of ether oxygens (including phenoxy) is 1. The first-order valence-electron chi connectivity index (χ1n) is 15.6. The molecule has 12 nitrogen and oxygen atoms in total. The van der Waals surface area contributed by atoms with Gasteiger partial charge in [0, 0.05) is 26.2 Å². The van der Waals surface area contributed by atoms with E-state index < -0.39 is 33.6 Å². The lowest BCUT2D eigenvalue weighted by molar-refractivity contribution is -0.939. The van der Waals surface area contributed by atoms with Gasteiger partial charge in [-0.3, -0.25) is 9.63 Å². The van der Waals surface area contributed by atoms with Crippen LogP contribution in [0.15, 0.2) is 0 Å². The third-order valence-corrected chi connectivity index (χ3v) is 10.4. The van der Waals surface area contributed by atoms with Crippen molar-refractivity contribution in [1.82, 2.24) is 15.4 Å². The Hall–Kier alpha value is -1.51. The summed E-state index contributed by atoms with van der Waals surface area (Å²) in [7, 11) is -4.14. The number of rotatable bonds is 18. The lowest BCUT2D eigenvalue weighted by atomic mass is 10.0. The highest BCUT2D eigenvalue weighted by Gasteiger charge is 2.52. The lowest BCUT2D eigenvalue weighted by Crippen LogP contribution is -2.61. The maximum atomic E-state index is 14.1. The number of hydrogen-bond acceptors (Lipinski definition) is 8. The Balaban J connectivity index is 0.00000588. The molecule has 3 aliphatic rings. The molecule has 2 bridgehead atoms. The lowest BCUT2D eigenvalue weighted by Gasteiger charge is -2.44. The van der Waals surface area contributed by atoms with Crippen LogP contribution in [0.2, 0.25) is 0 Å². The van der Waals surface area contributed by atoms with E-state index in [9.17, 15) is 18.0 Å². The van der Waals surface area contributed by atoms with E-state index in [1.54, 1.807) is 0 Å². The van der Waals surface area contributed by atoms with Crippen molar-refractivity contribution >= 4 is 22.1 Å². The number of amides is 3. The van der Waals surface area contributed by atoms with E-state index in [2.05, 4.69) is 26.3 Å². The molecule has 3 fully saturated rings. The maximum Gasteiger partial charge on any atom is 0.346 e. The van der Waals surface area contributed by atoms with Gasteiger partial charge in [-0.15, -0.1) is 4.28 Å². The van der Waals surface area contributed by atoms with Crippen LogP contribution in [0.3, 0.4) is 0 Å². The van der Waals surface area contributed by atoms with Crippen LogP contribution in [-0.2, 0) is 28.8 Å². The summed E-state index contributed by atoms with van der Waals surface area (Å²) < 4.78 is 39.8. The fraction of sp³-hybridized carbons (Fsp3) is 0.929. The van der Waals surface area contributed by atoms with Crippen molar-refractivity contribution < 1.29 is 41.8 Å². The Morgan fingerprint density at radius 1 is 0.976 bits per heavy atom. The molecule has 41 heavy (non-hydrogen) atoms.